The molecular formula is C22H28F3N5O. The smallest absolute Gasteiger partial charge is 0.376 e. The summed E-state index contributed by atoms with van der Waals surface area (Å²) in [5.41, 5.74) is -0.472. The van der Waals surface area contributed by atoms with Gasteiger partial charge in [0.15, 0.2) is 5.82 Å². The van der Waals surface area contributed by atoms with Crippen molar-refractivity contribution in [2.45, 2.75) is 63.9 Å². The number of morpholine rings is 1. The second kappa shape index (κ2) is 7.55. The molecule has 0 amide bonds. The molecule has 3 aliphatic rings. The fourth-order valence-electron chi connectivity index (χ4n) is 5.45. The Kier molecular flexibility index (Phi) is 5.08. The Balaban J connectivity index is 1.35. The number of aromatic nitrogens is 4. The van der Waals surface area contributed by atoms with Crippen LogP contribution in [0.4, 0.5) is 13.2 Å². The topological polar surface area (TPSA) is 56.1 Å². The fourth-order valence-corrected chi connectivity index (χ4v) is 5.45. The molecule has 9 heteroatoms. The number of halogens is 3. The summed E-state index contributed by atoms with van der Waals surface area (Å²) in [6, 6.07) is 1.77. The number of hydrogen-bond acceptors (Lipinski definition) is 5. The average molecular weight is 435 g/mol. The van der Waals surface area contributed by atoms with Crippen molar-refractivity contribution in [1.29, 1.82) is 0 Å². The number of pyridine rings is 1. The summed E-state index contributed by atoms with van der Waals surface area (Å²) in [5, 5.41) is 4.58. The second-order valence-corrected chi connectivity index (χ2v) is 9.45. The molecule has 1 saturated heterocycles. The third kappa shape index (κ3) is 3.86. The number of rotatable bonds is 4. The molecule has 2 saturated carbocycles. The Morgan fingerprint density at radius 3 is 2.55 bits per heavy atom. The highest BCUT2D eigenvalue weighted by Crippen LogP contribution is 2.63. The maximum atomic E-state index is 13.1. The lowest BCUT2D eigenvalue weighted by molar-refractivity contribution is -0.137. The van der Waals surface area contributed by atoms with Gasteiger partial charge in [-0.2, -0.15) is 18.3 Å². The fraction of sp³-hybridized carbons (Fsp3) is 0.682. The van der Waals surface area contributed by atoms with E-state index in [1.54, 1.807) is 0 Å². The number of nitrogens with zero attached hydrogens (tertiary/aromatic N) is 5. The highest BCUT2D eigenvalue weighted by molar-refractivity contribution is 5.54. The van der Waals surface area contributed by atoms with Crippen molar-refractivity contribution in [2.24, 2.45) is 11.8 Å². The number of ether oxygens (including phenoxy) is 1. The van der Waals surface area contributed by atoms with Gasteiger partial charge in [0, 0.05) is 49.0 Å². The monoisotopic (exact) mass is 435 g/mol. The van der Waals surface area contributed by atoms with Crippen molar-refractivity contribution in [3.05, 3.63) is 29.8 Å². The van der Waals surface area contributed by atoms with Crippen LogP contribution >= 0.6 is 0 Å². The third-order valence-corrected chi connectivity index (χ3v) is 6.98. The van der Waals surface area contributed by atoms with E-state index in [9.17, 15) is 13.2 Å². The van der Waals surface area contributed by atoms with Crippen LogP contribution in [0.15, 0.2) is 18.5 Å². The zero-order chi connectivity index (χ0) is 21.9. The van der Waals surface area contributed by atoms with Gasteiger partial charge in [-0.05, 0) is 51.5 Å². The van der Waals surface area contributed by atoms with Gasteiger partial charge in [0.25, 0.3) is 0 Å². The molecule has 0 bridgehead atoms. The van der Waals surface area contributed by atoms with E-state index in [-0.39, 0.29) is 12.1 Å². The molecule has 0 aromatic carbocycles. The standard InChI is InChI=1S/C22H28F3N5O/c1-12(2)30-21(27-20(28-30)14-6-15(10-26-9-14)22(23,24)25)19-17-7-16(8-18(17)19)29-4-5-31-13(3)11-29/h6,9-10,12-13,16-19H,4-5,7-8,11H2,1-3H3/t13-,16?,17-,18-,19?/m1/s1. The minimum Gasteiger partial charge on any atom is -0.376 e. The van der Waals surface area contributed by atoms with E-state index < -0.39 is 11.7 Å². The zero-order valence-electron chi connectivity index (χ0n) is 18.0. The molecule has 3 heterocycles. The molecule has 168 valence electrons. The SMILES string of the molecule is CC(C)n1nc(-c2cncc(C(F)(F)F)c2)nc1C1[C@@H]2CC(N3CCO[C@H](C)C3)C[C@@H]12. The van der Waals surface area contributed by atoms with Crippen LogP contribution in [-0.2, 0) is 10.9 Å². The van der Waals surface area contributed by atoms with E-state index in [2.05, 4.69) is 21.9 Å². The molecule has 6 nitrogen and oxygen atoms in total. The van der Waals surface area contributed by atoms with E-state index >= 15 is 0 Å². The minimum atomic E-state index is -4.44. The maximum Gasteiger partial charge on any atom is 0.417 e. The first kappa shape index (κ1) is 20.9. The summed E-state index contributed by atoms with van der Waals surface area (Å²) in [6.45, 7) is 8.97. The Morgan fingerprint density at radius 1 is 1.16 bits per heavy atom. The first-order valence-electron chi connectivity index (χ1n) is 11.1. The van der Waals surface area contributed by atoms with Gasteiger partial charge in [0.2, 0.25) is 0 Å². The van der Waals surface area contributed by atoms with Crippen LogP contribution in [0.1, 0.15) is 57.0 Å². The van der Waals surface area contributed by atoms with Gasteiger partial charge in [-0.25, -0.2) is 9.67 Å². The first-order chi connectivity index (χ1) is 14.7. The summed E-state index contributed by atoms with van der Waals surface area (Å²) in [5.74, 6) is 2.74. The lowest BCUT2D eigenvalue weighted by atomic mass is 10.0. The summed E-state index contributed by atoms with van der Waals surface area (Å²) < 4.78 is 46.9. The molecule has 0 unspecified atom stereocenters. The molecule has 3 fully saturated rings. The molecule has 31 heavy (non-hydrogen) atoms. The van der Waals surface area contributed by atoms with Gasteiger partial charge < -0.3 is 4.74 Å². The minimum absolute atomic E-state index is 0.0900. The third-order valence-electron chi connectivity index (χ3n) is 6.98. The number of alkyl halides is 3. The first-order valence-corrected chi connectivity index (χ1v) is 11.1. The maximum absolute atomic E-state index is 13.1. The molecule has 0 N–H and O–H groups in total. The quantitative estimate of drug-likeness (QED) is 0.722. The number of fused-ring (bicyclic) bond motifs is 1. The van der Waals surface area contributed by atoms with Gasteiger partial charge in [-0.3, -0.25) is 9.88 Å². The van der Waals surface area contributed by atoms with Crippen molar-refractivity contribution >= 4 is 0 Å². The van der Waals surface area contributed by atoms with E-state index in [1.165, 1.54) is 6.20 Å². The van der Waals surface area contributed by atoms with Crippen molar-refractivity contribution in [3.8, 4) is 11.4 Å². The Morgan fingerprint density at radius 2 is 1.90 bits per heavy atom. The predicted octanol–water partition coefficient (Wildman–Crippen LogP) is 4.15. The highest BCUT2D eigenvalue weighted by Gasteiger charge is 2.59. The van der Waals surface area contributed by atoms with Crippen LogP contribution in [0.2, 0.25) is 0 Å². The molecule has 1 aliphatic heterocycles. The van der Waals surface area contributed by atoms with Gasteiger partial charge in [-0.15, -0.1) is 0 Å². The lowest BCUT2D eigenvalue weighted by Gasteiger charge is -2.36. The lowest BCUT2D eigenvalue weighted by Crippen LogP contribution is -2.46. The molecule has 0 radical (unpaired) electrons. The Bertz CT molecular complexity index is 947. The molecule has 5 rings (SSSR count). The predicted molar refractivity (Wildman–Crippen MR) is 108 cm³/mol. The number of hydrogen-bond donors (Lipinski definition) is 0. The molecule has 2 aromatic heterocycles. The van der Waals surface area contributed by atoms with E-state index in [0.29, 0.717) is 35.2 Å². The Hall–Kier alpha value is -2.00. The van der Waals surface area contributed by atoms with Crippen LogP contribution < -0.4 is 0 Å². The van der Waals surface area contributed by atoms with Crippen LogP contribution in [0.5, 0.6) is 0 Å². The average Bonchev–Trinajstić information content (AvgIpc) is 3.09. The van der Waals surface area contributed by atoms with E-state index in [1.807, 2.05) is 18.5 Å². The molecular weight excluding hydrogens is 407 g/mol. The van der Waals surface area contributed by atoms with Gasteiger partial charge >= 0.3 is 6.18 Å². The largest absolute Gasteiger partial charge is 0.417 e. The van der Waals surface area contributed by atoms with Crippen LogP contribution in [-0.4, -0.2) is 56.5 Å². The molecule has 3 atom stereocenters. The van der Waals surface area contributed by atoms with Gasteiger partial charge in [0.1, 0.15) is 5.82 Å². The van der Waals surface area contributed by atoms with Gasteiger partial charge in [-0.1, -0.05) is 0 Å². The summed E-state index contributed by atoms with van der Waals surface area (Å²) in [7, 11) is 0. The highest BCUT2D eigenvalue weighted by atomic mass is 19.4. The van der Waals surface area contributed by atoms with E-state index in [0.717, 1.165) is 50.6 Å². The van der Waals surface area contributed by atoms with Crippen molar-refractivity contribution in [1.82, 2.24) is 24.6 Å². The summed E-state index contributed by atoms with van der Waals surface area (Å²) in [4.78, 5) is 11.1. The molecule has 0 spiro atoms. The van der Waals surface area contributed by atoms with Crippen LogP contribution in [0, 0.1) is 11.8 Å². The Labute approximate surface area is 179 Å². The normalized spacial score (nSPS) is 29.5. The molecule has 2 aliphatic carbocycles. The van der Waals surface area contributed by atoms with Crippen molar-refractivity contribution < 1.29 is 17.9 Å². The van der Waals surface area contributed by atoms with Gasteiger partial charge in [0.05, 0.1) is 18.3 Å². The summed E-state index contributed by atoms with van der Waals surface area (Å²) in [6.07, 6.45) is 0.381. The summed E-state index contributed by atoms with van der Waals surface area (Å²) >= 11 is 0. The van der Waals surface area contributed by atoms with E-state index in [4.69, 9.17) is 9.72 Å². The van der Waals surface area contributed by atoms with Crippen molar-refractivity contribution in [2.75, 3.05) is 19.7 Å². The second-order valence-electron chi connectivity index (χ2n) is 9.45. The zero-order valence-corrected chi connectivity index (χ0v) is 18.0. The van der Waals surface area contributed by atoms with Crippen LogP contribution in [0.3, 0.4) is 0 Å². The van der Waals surface area contributed by atoms with Crippen molar-refractivity contribution in [3.63, 3.8) is 0 Å². The molecule has 2 aromatic rings. The van der Waals surface area contributed by atoms with Crippen LogP contribution in [0.25, 0.3) is 11.4 Å².